The van der Waals surface area contributed by atoms with Gasteiger partial charge in [0.1, 0.15) is 12.5 Å². The first-order chi connectivity index (χ1) is 15.6. The van der Waals surface area contributed by atoms with Gasteiger partial charge in [0.25, 0.3) is 5.56 Å². The zero-order chi connectivity index (χ0) is 22.2. The molecule has 0 aliphatic carbocycles. The lowest BCUT2D eigenvalue weighted by Crippen LogP contribution is -2.38. The molecule has 32 heavy (non-hydrogen) atoms. The van der Waals surface area contributed by atoms with Crippen LogP contribution in [0.5, 0.6) is 0 Å². The van der Waals surface area contributed by atoms with Crippen molar-refractivity contribution < 1.29 is 9.53 Å². The number of carbonyl (C=O) groups excluding carboxylic acids is 1. The largest absolute Gasteiger partial charge is 0.469 e. The number of hydrogen-bond acceptors (Lipinski definition) is 6. The fraction of sp³-hybridized carbons (Fsp3) is 0.304. The lowest BCUT2D eigenvalue weighted by Gasteiger charge is -2.30. The van der Waals surface area contributed by atoms with E-state index < -0.39 is 0 Å². The summed E-state index contributed by atoms with van der Waals surface area (Å²) in [4.78, 5) is 27.7. The van der Waals surface area contributed by atoms with Crippen LogP contribution in [0.15, 0.2) is 58.1 Å². The molecule has 9 heteroatoms. The fourth-order valence-corrected chi connectivity index (χ4v) is 4.81. The number of ether oxygens (including phenoxy) is 1. The third-order valence-electron chi connectivity index (χ3n) is 6.00. The number of aromatic nitrogens is 4. The van der Waals surface area contributed by atoms with Gasteiger partial charge in [-0.2, -0.15) is 0 Å². The van der Waals surface area contributed by atoms with Gasteiger partial charge in [0.15, 0.2) is 0 Å². The number of esters is 1. The minimum atomic E-state index is -0.327. The van der Waals surface area contributed by atoms with Crippen molar-refractivity contribution in [1.29, 1.82) is 0 Å². The standard InChI is InChI=1S/C23H22BrN5O3/c1-32-20(30)12-15-4-6-16(7-5-15)21(27-10-2-3-11-27)29-22(31)18-13-17(24)8-9-19(18)28-14-25-26-23(28)29/h4-9,13-14,21H,2-3,10-12H2,1H3. The molecule has 0 bridgehead atoms. The Morgan fingerprint density at radius 3 is 2.62 bits per heavy atom. The van der Waals surface area contributed by atoms with Gasteiger partial charge in [-0.1, -0.05) is 40.2 Å². The number of hydrogen-bond donors (Lipinski definition) is 0. The minimum Gasteiger partial charge on any atom is -0.469 e. The van der Waals surface area contributed by atoms with E-state index in [1.54, 1.807) is 10.9 Å². The van der Waals surface area contributed by atoms with Crippen molar-refractivity contribution in [3.8, 4) is 0 Å². The molecular weight excluding hydrogens is 474 g/mol. The van der Waals surface area contributed by atoms with E-state index in [1.807, 2.05) is 46.9 Å². The maximum absolute atomic E-state index is 13.8. The normalized spacial score (nSPS) is 15.4. The fourth-order valence-electron chi connectivity index (χ4n) is 4.45. The van der Waals surface area contributed by atoms with Gasteiger partial charge in [0, 0.05) is 17.6 Å². The van der Waals surface area contributed by atoms with Crippen molar-refractivity contribution in [2.45, 2.75) is 25.4 Å². The average molecular weight is 496 g/mol. The van der Waals surface area contributed by atoms with Crippen molar-refractivity contribution in [2.75, 3.05) is 20.2 Å². The topological polar surface area (TPSA) is 81.7 Å². The molecule has 0 radical (unpaired) electrons. The van der Waals surface area contributed by atoms with Crippen LogP contribution in [0, 0.1) is 0 Å². The number of carbonyl (C=O) groups is 1. The number of methoxy groups -OCH3 is 1. The Hall–Kier alpha value is -3.04. The zero-order valence-electron chi connectivity index (χ0n) is 17.6. The molecule has 1 aliphatic heterocycles. The van der Waals surface area contributed by atoms with Crippen LogP contribution >= 0.6 is 15.9 Å². The van der Waals surface area contributed by atoms with Crippen LogP contribution in [-0.2, 0) is 16.0 Å². The van der Waals surface area contributed by atoms with E-state index in [2.05, 4.69) is 31.0 Å². The Bertz CT molecular complexity index is 1360. The molecule has 1 unspecified atom stereocenters. The minimum absolute atomic E-state index is 0.114. The molecule has 1 saturated heterocycles. The highest BCUT2D eigenvalue weighted by Crippen LogP contribution is 2.29. The van der Waals surface area contributed by atoms with Crippen LogP contribution in [0.3, 0.4) is 0 Å². The monoisotopic (exact) mass is 495 g/mol. The molecule has 0 saturated carbocycles. The number of fused-ring (bicyclic) bond motifs is 3. The predicted molar refractivity (Wildman–Crippen MR) is 124 cm³/mol. The number of nitrogens with zero attached hydrogens (tertiary/aromatic N) is 5. The number of likely N-dealkylation sites (tertiary alicyclic amines) is 1. The summed E-state index contributed by atoms with van der Waals surface area (Å²) in [7, 11) is 1.38. The first-order valence-electron chi connectivity index (χ1n) is 10.5. The second-order valence-corrected chi connectivity index (χ2v) is 8.86. The summed E-state index contributed by atoms with van der Waals surface area (Å²) in [5.74, 6) is 0.218. The van der Waals surface area contributed by atoms with Crippen LogP contribution in [0.2, 0.25) is 0 Å². The van der Waals surface area contributed by atoms with Gasteiger partial charge in [-0.25, -0.2) is 0 Å². The van der Waals surface area contributed by atoms with Gasteiger partial charge >= 0.3 is 5.97 Å². The molecular formula is C23H22BrN5O3. The predicted octanol–water partition coefficient (Wildman–Crippen LogP) is 3.16. The molecule has 4 aromatic rings. The molecule has 0 amide bonds. The third kappa shape index (κ3) is 3.61. The van der Waals surface area contributed by atoms with E-state index in [9.17, 15) is 9.59 Å². The van der Waals surface area contributed by atoms with Crippen LogP contribution in [0.1, 0.15) is 30.1 Å². The smallest absolute Gasteiger partial charge is 0.309 e. The lowest BCUT2D eigenvalue weighted by molar-refractivity contribution is -0.139. The Morgan fingerprint density at radius 2 is 1.91 bits per heavy atom. The van der Waals surface area contributed by atoms with Gasteiger partial charge in [-0.05, 0) is 42.2 Å². The van der Waals surface area contributed by atoms with Gasteiger partial charge < -0.3 is 4.74 Å². The first-order valence-corrected chi connectivity index (χ1v) is 11.3. The van der Waals surface area contributed by atoms with Gasteiger partial charge in [-0.3, -0.25) is 23.5 Å². The quantitative estimate of drug-likeness (QED) is 0.395. The SMILES string of the molecule is COC(=O)Cc1ccc(C(N2CCCC2)n2c(=O)c3cc(Br)ccc3n3cnnc23)cc1. The maximum Gasteiger partial charge on any atom is 0.309 e. The second-order valence-electron chi connectivity index (χ2n) is 7.95. The Kier molecular flexibility index (Phi) is 5.52. The van der Waals surface area contributed by atoms with Gasteiger partial charge in [0.05, 0.1) is 24.4 Å². The van der Waals surface area contributed by atoms with E-state index in [0.717, 1.165) is 47.0 Å². The molecule has 2 aromatic carbocycles. The first kappa shape index (κ1) is 20.8. The van der Waals surface area contributed by atoms with Crippen molar-refractivity contribution in [1.82, 2.24) is 24.1 Å². The number of benzene rings is 2. The van der Waals surface area contributed by atoms with Crippen LogP contribution in [0.25, 0.3) is 16.7 Å². The molecule has 1 aliphatic rings. The summed E-state index contributed by atoms with van der Waals surface area (Å²) in [6, 6.07) is 13.4. The highest BCUT2D eigenvalue weighted by molar-refractivity contribution is 9.10. The summed E-state index contributed by atoms with van der Waals surface area (Å²) in [6.45, 7) is 1.77. The van der Waals surface area contributed by atoms with Gasteiger partial charge in [-0.15, -0.1) is 10.2 Å². The van der Waals surface area contributed by atoms with Crippen LogP contribution in [-0.4, -0.2) is 50.2 Å². The van der Waals surface area contributed by atoms with Crippen molar-refractivity contribution >= 4 is 38.6 Å². The van der Waals surface area contributed by atoms with Crippen molar-refractivity contribution in [3.63, 3.8) is 0 Å². The zero-order valence-corrected chi connectivity index (χ0v) is 19.2. The summed E-state index contributed by atoms with van der Waals surface area (Å²) >= 11 is 3.49. The molecule has 3 heterocycles. The van der Waals surface area contributed by atoms with Gasteiger partial charge in [0.2, 0.25) is 5.78 Å². The highest BCUT2D eigenvalue weighted by Gasteiger charge is 2.29. The second kappa shape index (κ2) is 8.48. The summed E-state index contributed by atoms with van der Waals surface area (Å²) < 4.78 is 9.21. The van der Waals surface area contributed by atoms with Crippen LogP contribution < -0.4 is 5.56 Å². The maximum atomic E-state index is 13.8. The molecule has 0 spiro atoms. The van der Waals surface area contributed by atoms with E-state index in [-0.39, 0.29) is 24.1 Å². The Labute approximate surface area is 192 Å². The molecule has 5 rings (SSSR count). The average Bonchev–Trinajstić information content (AvgIpc) is 3.50. The Balaban J connectivity index is 1.70. The summed E-state index contributed by atoms with van der Waals surface area (Å²) in [5, 5.41) is 9.02. The highest BCUT2D eigenvalue weighted by atomic mass is 79.9. The van der Waals surface area contributed by atoms with Crippen LogP contribution in [0.4, 0.5) is 0 Å². The molecule has 8 nitrogen and oxygen atoms in total. The molecule has 2 aromatic heterocycles. The van der Waals surface area contributed by atoms with Crippen molar-refractivity contribution in [3.05, 3.63) is 74.7 Å². The molecule has 0 N–H and O–H groups in total. The number of rotatable bonds is 5. The number of halogens is 1. The van der Waals surface area contributed by atoms with E-state index in [0.29, 0.717) is 11.2 Å². The summed E-state index contributed by atoms with van der Waals surface area (Å²) in [5.41, 5.74) is 2.48. The lowest BCUT2D eigenvalue weighted by atomic mass is 10.1. The Morgan fingerprint density at radius 1 is 1.16 bits per heavy atom. The molecule has 1 atom stereocenters. The molecule has 1 fully saturated rings. The molecule has 164 valence electrons. The van der Waals surface area contributed by atoms with Crippen molar-refractivity contribution in [2.24, 2.45) is 0 Å². The van der Waals surface area contributed by atoms with E-state index in [4.69, 9.17) is 4.74 Å². The van der Waals surface area contributed by atoms with E-state index in [1.165, 1.54) is 7.11 Å². The van der Waals surface area contributed by atoms with E-state index >= 15 is 0 Å². The summed E-state index contributed by atoms with van der Waals surface area (Å²) in [6.07, 6.45) is 3.68. The third-order valence-corrected chi connectivity index (χ3v) is 6.49.